The summed E-state index contributed by atoms with van der Waals surface area (Å²) in [7, 11) is 0. The van der Waals surface area contributed by atoms with Crippen LogP contribution in [0.1, 0.15) is 36.5 Å². The fourth-order valence-corrected chi connectivity index (χ4v) is 2.56. The van der Waals surface area contributed by atoms with Crippen LogP contribution in [0.15, 0.2) is 18.5 Å². The zero-order valence-electron chi connectivity index (χ0n) is 11.3. The molecule has 1 aromatic heterocycles. The van der Waals surface area contributed by atoms with Crippen LogP contribution in [0.25, 0.3) is 0 Å². The molecule has 1 aliphatic heterocycles. The highest BCUT2D eigenvalue weighted by atomic mass is 35.5. The number of esters is 1. The molecule has 5 nitrogen and oxygen atoms in total. The second-order valence-electron chi connectivity index (χ2n) is 4.62. The Morgan fingerprint density at radius 2 is 2.30 bits per heavy atom. The Morgan fingerprint density at radius 3 is 3.00 bits per heavy atom. The van der Waals surface area contributed by atoms with Crippen LogP contribution >= 0.6 is 11.6 Å². The molecule has 1 aromatic rings. The highest BCUT2D eigenvalue weighted by Crippen LogP contribution is 2.23. The minimum atomic E-state index is -0.513. The molecule has 1 amide bonds. The van der Waals surface area contributed by atoms with E-state index in [1.54, 1.807) is 17.9 Å². The molecular formula is C14H17ClN2O3. The van der Waals surface area contributed by atoms with E-state index in [1.807, 2.05) is 0 Å². The zero-order chi connectivity index (χ0) is 14.5. The van der Waals surface area contributed by atoms with Crippen molar-refractivity contribution in [3.05, 3.63) is 29.0 Å². The van der Waals surface area contributed by atoms with Gasteiger partial charge in [0.05, 0.1) is 17.2 Å². The van der Waals surface area contributed by atoms with Gasteiger partial charge < -0.3 is 9.64 Å². The summed E-state index contributed by atoms with van der Waals surface area (Å²) < 4.78 is 5.05. The maximum Gasteiger partial charge on any atom is 0.328 e. The molecule has 1 unspecified atom stereocenters. The molecule has 0 spiro atoms. The Balaban J connectivity index is 2.22. The van der Waals surface area contributed by atoms with Crippen molar-refractivity contribution in [1.82, 2.24) is 9.88 Å². The number of ether oxygens (including phenoxy) is 1. The fourth-order valence-electron chi connectivity index (χ4n) is 2.36. The van der Waals surface area contributed by atoms with Gasteiger partial charge in [0.25, 0.3) is 5.91 Å². The molecule has 1 atom stereocenters. The van der Waals surface area contributed by atoms with E-state index in [-0.39, 0.29) is 11.9 Å². The third-order valence-electron chi connectivity index (χ3n) is 3.33. The average molecular weight is 297 g/mol. The quantitative estimate of drug-likeness (QED) is 0.803. The Hall–Kier alpha value is -1.62. The lowest BCUT2D eigenvalue weighted by molar-refractivity contribution is -0.149. The first-order valence-corrected chi connectivity index (χ1v) is 7.10. The van der Waals surface area contributed by atoms with Gasteiger partial charge in [0, 0.05) is 18.9 Å². The van der Waals surface area contributed by atoms with Gasteiger partial charge >= 0.3 is 5.97 Å². The number of halogens is 1. The monoisotopic (exact) mass is 296 g/mol. The van der Waals surface area contributed by atoms with Gasteiger partial charge in [-0.2, -0.15) is 0 Å². The summed E-state index contributed by atoms with van der Waals surface area (Å²) in [6, 6.07) is 1.06. The molecule has 1 fully saturated rings. The number of aromatic nitrogens is 1. The standard InChI is InChI=1S/C14H17ClN2O3/c1-2-20-14(19)12-5-3-4-8-17(12)13(18)10-6-7-16-9-11(10)15/h6-7,9,12H,2-5,8H2,1H3. The molecule has 0 bridgehead atoms. The molecule has 1 aliphatic rings. The van der Waals surface area contributed by atoms with Crippen molar-refractivity contribution in [2.45, 2.75) is 32.2 Å². The molecule has 20 heavy (non-hydrogen) atoms. The molecule has 1 saturated heterocycles. The predicted octanol–water partition coefficient (Wildman–Crippen LogP) is 2.29. The van der Waals surface area contributed by atoms with E-state index in [4.69, 9.17) is 16.3 Å². The van der Waals surface area contributed by atoms with Gasteiger partial charge in [-0.1, -0.05) is 11.6 Å². The van der Waals surface area contributed by atoms with Crippen molar-refractivity contribution in [1.29, 1.82) is 0 Å². The lowest BCUT2D eigenvalue weighted by atomic mass is 10.0. The van der Waals surface area contributed by atoms with Crippen LogP contribution in [-0.2, 0) is 9.53 Å². The number of hydrogen-bond acceptors (Lipinski definition) is 4. The molecule has 0 radical (unpaired) electrons. The largest absolute Gasteiger partial charge is 0.464 e. The molecule has 6 heteroatoms. The highest BCUT2D eigenvalue weighted by molar-refractivity contribution is 6.33. The maximum absolute atomic E-state index is 12.5. The summed E-state index contributed by atoms with van der Waals surface area (Å²) in [4.78, 5) is 29.9. The summed E-state index contributed by atoms with van der Waals surface area (Å²) in [6.45, 7) is 2.61. The van der Waals surface area contributed by atoms with Crippen molar-refractivity contribution in [2.24, 2.45) is 0 Å². The lowest BCUT2D eigenvalue weighted by Crippen LogP contribution is -2.48. The van der Waals surface area contributed by atoms with E-state index in [2.05, 4.69) is 4.98 Å². The molecular weight excluding hydrogens is 280 g/mol. The van der Waals surface area contributed by atoms with Gasteiger partial charge in [0.2, 0.25) is 0 Å². The molecule has 0 N–H and O–H groups in total. The van der Waals surface area contributed by atoms with Gasteiger partial charge in [-0.15, -0.1) is 0 Å². The molecule has 2 heterocycles. The second-order valence-corrected chi connectivity index (χ2v) is 5.02. The summed E-state index contributed by atoms with van der Waals surface area (Å²) >= 11 is 6.00. The van der Waals surface area contributed by atoms with Crippen molar-refractivity contribution in [3.8, 4) is 0 Å². The summed E-state index contributed by atoms with van der Waals surface area (Å²) in [5, 5.41) is 0.297. The third-order valence-corrected chi connectivity index (χ3v) is 3.63. The Kier molecular flexibility index (Phi) is 4.95. The van der Waals surface area contributed by atoms with Crippen molar-refractivity contribution >= 4 is 23.5 Å². The first-order chi connectivity index (χ1) is 9.65. The summed E-state index contributed by atoms with van der Waals surface area (Å²) in [5.74, 6) is -0.583. The van der Waals surface area contributed by atoms with Gasteiger partial charge in [-0.3, -0.25) is 9.78 Å². The smallest absolute Gasteiger partial charge is 0.328 e. The number of hydrogen-bond donors (Lipinski definition) is 0. The van der Waals surface area contributed by atoms with E-state index in [0.29, 0.717) is 30.2 Å². The number of pyridine rings is 1. The van der Waals surface area contributed by atoms with E-state index in [1.165, 1.54) is 12.4 Å². The van der Waals surface area contributed by atoms with Crippen LogP contribution in [0.2, 0.25) is 5.02 Å². The average Bonchev–Trinajstić information content (AvgIpc) is 2.47. The zero-order valence-corrected chi connectivity index (χ0v) is 12.1. The number of likely N-dealkylation sites (tertiary alicyclic amines) is 1. The Labute approximate surface area is 122 Å². The minimum Gasteiger partial charge on any atom is -0.464 e. The van der Waals surface area contributed by atoms with Crippen LogP contribution in [0, 0.1) is 0 Å². The van der Waals surface area contributed by atoms with Crippen molar-refractivity contribution in [3.63, 3.8) is 0 Å². The molecule has 0 aliphatic carbocycles. The topological polar surface area (TPSA) is 59.5 Å². The highest BCUT2D eigenvalue weighted by Gasteiger charge is 2.34. The third kappa shape index (κ3) is 3.10. The Bertz CT molecular complexity index is 507. The van der Waals surface area contributed by atoms with Crippen molar-refractivity contribution < 1.29 is 14.3 Å². The van der Waals surface area contributed by atoms with Gasteiger partial charge in [0.15, 0.2) is 0 Å². The van der Waals surface area contributed by atoms with Gasteiger partial charge in [-0.05, 0) is 32.3 Å². The van der Waals surface area contributed by atoms with Gasteiger partial charge in [-0.25, -0.2) is 4.79 Å². The molecule has 0 aromatic carbocycles. The number of nitrogens with zero attached hydrogens (tertiary/aromatic N) is 2. The van der Waals surface area contributed by atoms with Crippen LogP contribution in [0.5, 0.6) is 0 Å². The number of piperidine rings is 1. The fraction of sp³-hybridized carbons (Fsp3) is 0.500. The normalized spacial score (nSPS) is 18.7. The van der Waals surface area contributed by atoms with Crippen molar-refractivity contribution in [2.75, 3.05) is 13.2 Å². The van der Waals surface area contributed by atoms with Crippen LogP contribution < -0.4 is 0 Å². The number of carbonyl (C=O) groups excluding carboxylic acids is 2. The predicted molar refractivity (Wildman–Crippen MR) is 74.6 cm³/mol. The lowest BCUT2D eigenvalue weighted by Gasteiger charge is -2.34. The number of carbonyl (C=O) groups is 2. The minimum absolute atomic E-state index is 0.241. The number of amides is 1. The van der Waals surface area contributed by atoms with Crippen LogP contribution in [0.3, 0.4) is 0 Å². The SMILES string of the molecule is CCOC(=O)C1CCCCN1C(=O)c1ccncc1Cl. The Morgan fingerprint density at radius 1 is 1.50 bits per heavy atom. The van der Waals surface area contributed by atoms with Crippen LogP contribution in [-0.4, -0.2) is 41.0 Å². The first-order valence-electron chi connectivity index (χ1n) is 6.72. The summed E-state index contributed by atoms with van der Waals surface area (Å²) in [5.41, 5.74) is 0.373. The van der Waals surface area contributed by atoms with Gasteiger partial charge in [0.1, 0.15) is 6.04 Å². The maximum atomic E-state index is 12.5. The van der Waals surface area contributed by atoms with E-state index >= 15 is 0 Å². The van der Waals surface area contributed by atoms with E-state index < -0.39 is 6.04 Å². The molecule has 108 valence electrons. The van der Waals surface area contributed by atoms with E-state index in [9.17, 15) is 9.59 Å². The first kappa shape index (κ1) is 14.8. The second kappa shape index (κ2) is 6.70. The van der Waals surface area contributed by atoms with Crippen LogP contribution in [0.4, 0.5) is 0 Å². The summed E-state index contributed by atoms with van der Waals surface area (Å²) in [6.07, 6.45) is 5.37. The number of rotatable bonds is 3. The molecule has 0 saturated carbocycles. The molecule has 2 rings (SSSR count). The van der Waals surface area contributed by atoms with E-state index in [0.717, 1.165) is 12.8 Å².